The Kier molecular flexibility index (Phi) is 6.82. The minimum Gasteiger partial charge on any atom is -0.378 e. The number of amides is 1. The summed E-state index contributed by atoms with van der Waals surface area (Å²) in [6.07, 6.45) is 9.17. The number of nitrogens with one attached hydrogen (secondary N) is 1. The van der Waals surface area contributed by atoms with Gasteiger partial charge in [-0.1, -0.05) is 6.08 Å². The first-order valence-electron chi connectivity index (χ1n) is 15.7. The van der Waals surface area contributed by atoms with E-state index in [0.29, 0.717) is 54.0 Å². The number of carbonyl (C=O) groups excluding carboxylic acids is 2. The van der Waals surface area contributed by atoms with Crippen LogP contribution in [0.3, 0.4) is 0 Å². The van der Waals surface area contributed by atoms with Crippen molar-refractivity contribution in [3.05, 3.63) is 75.0 Å². The number of carbonyl (C=O) groups is 2. The molecule has 5 aliphatic rings. The van der Waals surface area contributed by atoms with Crippen molar-refractivity contribution in [3.8, 4) is 0 Å². The molecule has 0 bridgehead atoms. The van der Waals surface area contributed by atoms with Crippen molar-refractivity contribution in [2.45, 2.75) is 57.3 Å². The summed E-state index contributed by atoms with van der Waals surface area (Å²) < 4.78 is 26.1. The van der Waals surface area contributed by atoms with Gasteiger partial charge in [0.2, 0.25) is 0 Å². The van der Waals surface area contributed by atoms with Crippen LogP contribution in [0.5, 0.6) is 0 Å². The van der Waals surface area contributed by atoms with E-state index in [1.807, 2.05) is 15.3 Å². The number of hydrogen-bond acceptors (Lipinski definition) is 8. The number of aliphatic imine (C=N–C) groups is 1. The fourth-order valence-corrected chi connectivity index (χ4v) is 7.46. The fourth-order valence-electron chi connectivity index (χ4n) is 7.46. The molecule has 0 radical (unpaired) electrons. The molecule has 0 spiro atoms. The number of ether oxygens (including phenoxy) is 1. The number of anilines is 2. The summed E-state index contributed by atoms with van der Waals surface area (Å²) in [4.78, 5) is 48.0. The lowest BCUT2D eigenvalue weighted by atomic mass is 9.84. The summed E-state index contributed by atoms with van der Waals surface area (Å²) in [6.45, 7) is 4.67. The van der Waals surface area contributed by atoms with E-state index in [1.165, 1.54) is 9.47 Å². The van der Waals surface area contributed by atoms with Gasteiger partial charge in [-0.05, 0) is 37.3 Å². The summed E-state index contributed by atoms with van der Waals surface area (Å²) in [6, 6.07) is 4.14. The summed E-state index contributed by atoms with van der Waals surface area (Å²) in [5.74, 6) is -1.34. The van der Waals surface area contributed by atoms with Gasteiger partial charge in [-0.25, -0.2) is 9.38 Å². The van der Waals surface area contributed by atoms with Crippen molar-refractivity contribution >= 4 is 29.5 Å². The second-order valence-electron chi connectivity index (χ2n) is 12.6. The molecule has 1 aliphatic carbocycles. The Morgan fingerprint density at radius 3 is 2.73 bits per heavy atom. The van der Waals surface area contributed by atoms with E-state index in [0.717, 1.165) is 69.8 Å². The van der Waals surface area contributed by atoms with E-state index < -0.39 is 23.6 Å². The van der Waals surface area contributed by atoms with Gasteiger partial charge in [0.05, 0.1) is 37.4 Å². The third kappa shape index (κ3) is 4.59. The number of fused-ring (bicyclic) bond motifs is 4. The number of rotatable bonds is 5. The molecule has 1 amide bonds. The zero-order valence-electron chi connectivity index (χ0n) is 25.1. The molecule has 45 heavy (non-hydrogen) atoms. The molecule has 3 aromatic rings. The maximum Gasteiger partial charge on any atom is 0.278 e. The first kappa shape index (κ1) is 28.1. The number of nitrogens with zero attached hydrogens (tertiary/aromatic N) is 7. The molecule has 234 valence electrons. The largest absolute Gasteiger partial charge is 0.378 e. The van der Waals surface area contributed by atoms with Gasteiger partial charge in [-0.15, -0.1) is 0 Å². The molecule has 7 heterocycles. The summed E-state index contributed by atoms with van der Waals surface area (Å²) in [5, 5.41) is 7.91. The fraction of sp³-hybridized carbons (Fsp3) is 0.469. The molecule has 2 atom stereocenters. The van der Waals surface area contributed by atoms with Crippen LogP contribution < -0.4 is 10.9 Å². The minimum absolute atomic E-state index is 0.0621. The summed E-state index contributed by atoms with van der Waals surface area (Å²) >= 11 is 0. The van der Waals surface area contributed by atoms with E-state index >= 15 is 4.39 Å². The monoisotopic (exact) mass is 614 g/mol. The van der Waals surface area contributed by atoms with E-state index in [4.69, 9.17) is 9.84 Å². The third-order valence-electron chi connectivity index (χ3n) is 9.93. The normalized spacial score (nSPS) is 23.2. The van der Waals surface area contributed by atoms with Crippen molar-refractivity contribution in [2.24, 2.45) is 18.0 Å². The van der Waals surface area contributed by atoms with Crippen LogP contribution >= 0.6 is 0 Å². The lowest BCUT2D eigenvalue weighted by Crippen LogP contribution is -2.51. The Balaban J connectivity index is 1.06. The lowest BCUT2D eigenvalue weighted by molar-refractivity contribution is -0.109. The van der Waals surface area contributed by atoms with Crippen molar-refractivity contribution in [1.29, 1.82) is 0 Å². The van der Waals surface area contributed by atoms with Gasteiger partial charge in [0, 0.05) is 68.9 Å². The average Bonchev–Trinajstić information content (AvgIpc) is 3.56. The van der Waals surface area contributed by atoms with Crippen LogP contribution in [0.1, 0.15) is 51.8 Å². The zero-order chi connectivity index (χ0) is 30.8. The lowest BCUT2D eigenvalue weighted by Gasteiger charge is -2.39. The first-order valence-corrected chi connectivity index (χ1v) is 15.7. The zero-order valence-corrected chi connectivity index (χ0v) is 25.1. The number of pyridine rings is 1. The van der Waals surface area contributed by atoms with Crippen LogP contribution in [-0.2, 0) is 49.1 Å². The van der Waals surface area contributed by atoms with Gasteiger partial charge in [0.25, 0.3) is 11.5 Å². The number of aromatic nitrogens is 4. The number of aldehydes is 1. The molecular formula is C32H35FN8O4. The predicted molar refractivity (Wildman–Crippen MR) is 163 cm³/mol. The average molecular weight is 615 g/mol. The number of hydrogen-bond donors (Lipinski definition) is 1. The number of allylic oxidation sites excluding steroid dienone is 1. The van der Waals surface area contributed by atoms with E-state index in [-0.39, 0.29) is 11.3 Å². The Hall–Kier alpha value is -4.36. The second kappa shape index (κ2) is 10.9. The van der Waals surface area contributed by atoms with Crippen LogP contribution in [0.2, 0.25) is 0 Å². The molecule has 0 saturated carbocycles. The summed E-state index contributed by atoms with van der Waals surface area (Å²) in [7, 11) is 1.66. The van der Waals surface area contributed by atoms with Crippen LogP contribution in [0, 0.1) is 11.7 Å². The quantitative estimate of drug-likeness (QED) is 0.439. The third-order valence-corrected chi connectivity index (χ3v) is 9.93. The standard InChI is InChI=1S/C32H35FN8O4/c1-37-14-19(12-25(31(37)43)35-27-13-20-15-38(21-17-45-18-21)8-11-41(20)36-27)22-6-7-34-30(24(22)16-42)40-10-9-39-26-5-3-2-4-23(26)28(33)29(39)32(40)44/h6-7,12-14,16,21-22,24H,2-5,8-11,15,17-18H2,1H3,(H,35,36). The predicted octanol–water partition coefficient (Wildman–Crippen LogP) is 2.34. The Morgan fingerprint density at radius 2 is 1.93 bits per heavy atom. The number of aryl methyl sites for hydroxylation is 1. The Morgan fingerprint density at radius 1 is 1.09 bits per heavy atom. The molecule has 1 N–H and O–H groups in total. The van der Waals surface area contributed by atoms with Gasteiger partial charge in [0.15, 0.2) is 11.6 Å². The molecule has 1 fully saturated rings. The molecule has 3 aromatic heterocycles. The van der Waals surface area contributed by atoms with Gasteiger partial charge in [-0.3, -0.25) is 24.1 Å². The van der Waals surface area contributed by atoms with Crippen molar-refractivity contribution in [3.63, 3.8) is 0 Å². The van der Waals surface area contributed by atoms with Gasteiger partial charge in [0.1, 0.15) is 23.5 Å². The van der Waals surface area contributed by atoms with Crippen molar-refractivity contribution < 1.29 is 18.7 Å². The highest BCUT2D eigenvalue weighted by Crippen LogP contribution is 2.35. The highest BCUT2D eigenvalue weighted by molar-refractivity contribution is 6.11. The van der Waals surface area contributed by atoms with Crippen LogP contribution in [0.25, 0.3) is 0 Å². The molecule has 4 aliphatic heterocycles. The molecule has 2 unspecified atom stereocenters. The first-order chi connectivity index (χ1) is 21.9. The van der Waals surface area contributed by atoms with Gasteiger partial charge in [-0.2, -0.15) is 5.10 Å². The van der Waals surface area contributed by atoms with Crippen LogP contribution in [0.15, 0.2) is 40.4 Å². The topological polar surface area (TPSA) is 119 Å². The molecule has 13 heteroatoms. The Labute approximate surface area is 258 Å². The second-order valence-corrected chi connectivity index (χ2v) is 12.6. The molecular weight excluding hydrogens is 579 g/mol. The van der Waals surface area contributed by atoms with Crippen LogP contribution in [-0.4, -0.2) is 79.1 Å². The smallest absolute Gasteiger partial charge is 0.278 e. The minimum atomic E-state index is -0.801. The van der Waals surface area contributed by atoms with Crippen molar-refractivity contribution in [1.82, 2.24) is 28.7 Å². The maximum atomic E-state index is 15.5. The van der Waals surface area contributed by atoms with Gasteiger partial charge < -0.3 is 24.0 Å². The Bertz CT molecular complexity index is 1830. The summed E-state index contributed by atoms with van der Waals surface area (Å²) in [5.41, 5.74) is 3.50. The van der Waals surface area contributed by atoms with E-state index in [1.54, 1.807) is 31.6 Å². The highest BCUT2D eigenvalue weighted by Gasteiger charge is 2.40. The van der Waals surface area contributed by atoms with Gasteiger partial charge >= 0.3 is 0 Å². The number of halogens is 1. The molecule has 1 saturated heterocycles. The maximum absolute atomic E-state index is 15.5. The molecule has 12 nitrogen and oxygen atoms in total. The van der Waals surface area contributed by atoms with Crippen LogP contribution in [0.4, 0.5) is 15.9 Å². The SMILES string of the molecule is Cn1cc(C2C=CN=C(N3CCn4c5c(c(F)c4C3=O)CCCC5)C2C=O)cc(Nc2cc3n(n2)CCN(C2COC2)C3)c1=O. The molecule has 0 aromatic carbocycles. The van der Waals surface area contributed by atoms with E-state index in [2.05, 4.69) is 15.2 Å². The molecule has 8 rings (SSSR count). The van der Waals surface area contributed by atoms with Crippen molar-refractivity contribution in [2.75, 3.05) is 31.6 Å². The number of amidine groups is 1. The van der Waals surface area contributed by atoms with E-state index in [9.17, 15) is 14.4 Å². The highest BCUT2D eigenvalue weighted by atomic mass is 19.1.